The van der Waals surface area contributed by atoms with Gasteiger partial charge in [-0.3, -0.25) is 4.79 Å². The highest BCUT2D eigenvalue weighted by Gasteiger charge is 2.09. The lowest BCUT2D eigenvalue weighted by atomic mass is 9.97. The summed E-state index contributed by atoms with van der Waals surface area (Å²) in [5.41, 5.74) is 2.17. The normalized spacial score (nSPS) is 10.6. The van der Waals surface area contributed by atoms with Crippen LogP contribution in [0, 0.1) is 6.92 Å². The average Bonchev–Trinajstić information content (AvgIpc) is 2.25. The van der Waals surface area contributed by atoms with E-state index in [2.05, 4.69) is 0 Å². The van der Waals surface area contributed by atoms with E-state index in [1.165, 1.54) is 6.08 Å². The summed E-state index contributed by atoms with van der Waals surface area (Å²) in [7, 11) is 0. The Morgan fingerprint density at radius 1 is 1.38 bits per heavy atom. The lowest BCUT2D eigenvalue weighted by molar-refractivity contribution is -0.131. The van der Waals surface area contributed by atoms with Gasteiger partial charge in [0.1, 0.15) is 0 Å². The molecule has 0 aromatic heterocycles. The van der Waals surface area contributed by atoms with Gasteiger partial charge >= 0.3 is 5.97 Å². The first kappa shape index (κ1) is 12.2. The second-order valence-electron chi connectivity index (χ2n) is 3.48. The molecule has 0 saturated carbocycles. The van der Waals surface area contributed by atoms with Crippen LogP contribution in [0.25, 0.3) is 6.08 Å². The summed E-state index contributed by atoms with van der Waals surface area (Å²) in [5, 5.41) is 8.58. The van der Waals surface area contributed by atoms with Crippen LogP contribution in [0.2, 0.25) is 0 Å². The minimum Gasteiger partial charge on any atom is -0.478 e. The third-order valence-corrected chi connectivity index (χ3v) is 2.34. The number of carbonyl (C=O) groups excluding carboxylic acids is 1. The van der Waals surface area contributed by atoms with E-state index in [-0.39, 0.29) is 5.78 Å². The fraction of sp³-hybridized carbons (Fsp3) is 0.231. The van der Waals surface area contributed by atoms with Gasteiger partial charge in [-0.1, -0.05) is 25.1 Å². The number of benzene rings is 1. The molecule has 1 aromatic carbocycles. The van der Waals surface area contributed by atoms with Crippen molar-refractivity contribution in [3.8, 4) is 0 Å². The molecule has 0 fully saturated rings. The van der Waals surface area contributed by atoms with Gasteiger partial charge in [0.15, 0.2) is 5.78 Å². The third kappa shape index (κ3) is 2.79. The monoisotopic (exact) mass is 218 g/mol. The Labute approximate surface area is 94.4 Å². The maximum atomic E-state index is 11.6. The molecule has 0 bridgehead atoms. The Kier molecular flexibility index (Phi) is 4.00. The zero-order valence-corrected chi connectivity index (χ0v) is 9.36. The molecule has 3 heteroatoms. The number of carbonyl (C=O) groups is 2. The predicted octanol–water partition coefficient (Wildman–Crippen LogP) is 2.69. The quantitative estimate of drug-likeness (QED) is 0.624. The van der Waals surface area contributed by atoms with Gasteiger partial charge in [0.2, 0.25) is 0 Å². The zero-order chi connectivity index (χ0) is 12.1. The number of carboxylic acid groups (broad SMARTS) is 1. The maximum absolute atomic E-state index is 11.6. The van der Waals surface area contributed by atoms with E-state index in [0.29, 0.717) is 17.5 Å². The Morgan fingerprint density at radius 3 is 2.62 bits per heavy atom. The maximum Gasteiger partial charge on any atom is 0.328 e. The zero-order valence-electron chi connectivity index (χ0n) is 9.36. The molecule has 16 heavy (non-hydrogen) atoms. The van der Waals surface area contributed by atoms with E-state index in [1.54, 1.807) is 19.1 Å². The minimum absolute atomic E-state index is 0.0220. The first-order valence-electron chi connectivity index (χ1n) is 5.10. The molecule has 0 aliphatic heterocycles. The number of hydrogen-bond acceptors (Lipinski definition) is 2. The van der Waals surface area contributed by atoms with E-state index < -0.39 is 5.97 Å². The first-order valence-corrected chi connectivity index (χ1v) is 5.10. The van der Waals surface area contributed by atoms with Crippen molar-refractivity contribution < 1.29 is 14.7 Å². The summed E-state index contributed by atoms with van der Waals surface area (Å²) < 4.78 is 0. The summed E-state index contributed by atoms with van der Waals surface area (Å²) in [6.45, 7) is 3.64. The minimum atomic E-state index is -1.02. The van der Waals surface area contributed by atoms with Crippen molar-refractivity contribution in [2.75, 3.05) is 0 Å². The van der Waals surface area contributed by atoms with Crippen LogP contribution in [0.1, 0.15) is 34.8 Å². The molecule has 0 aliphatic rings. The van der Waals surface area contributed by atoms with Crippen LogP contribution in [-0.2, 0) is 4.79 Å². The Bertz CT molecular complexity index is 444. The highest BCUT2D eigenvalue weighted by Crippen LogP contribution is 2.17. The van der Waals surface area contributed by atoms with Crippen LogP contribution in [0.3, 0.4) is 0 Å². The van der Waals surface area contributed by atoms with Gasteiger partial charge in [-0.25, -0.2) is 4.79 Å². The molecule has 0 spiro atoms. The van der Waals surface area contributed by atoms with Gasteiger partial charge in [-0.2, -0.15) is 0 Å². The first-order chi connectivity index (χ1) is 7.56. The number of rotatable bonds is 4. The predicted molar refractivity (Wildman–Crippen MR) is 62.5 cm³/mol. The average molecular weight is 218 g/mol. The molecule has 0 aliphatic carbocycles. The van der Waals surface area contributed by atoms with Crippen molar-refractivity contribution >= 4 is 17.8 Å². The second-order valence-corrected chi connectivity index (χ2v) is 3.48. The summed E-state index contributed by atoms with van der Waals surface area (Å²) in [5.74, 6) is -0.994. The lowest BCUT2D eigenvalue weighted by Gasteiger charge is -2.06. The molecule has 0 amide bonds. The SMILES string of the molecule is CCC(=O)c1cccc(C)c1/C=C/C(=O)O. The van der Waals surface area contributed by atoms with Gasteiger partial charge in [0.25, 0.3) is 0 Å². The fourth-order valence-electron chi connectivity index (χ4n) is 1.49. The van der Waals surface area contributed by atoms with E-state index >= 15 is 0 Å². The topological polar surface area (TPSA) is 54.4 Å². The van der Waals surface area contributed by atoms with Crippen LogP contribution < -0.4 is 0 Å². The van der Waals surface area contributed by atoms with Gasteiger partial charge < -0.3 is 5.11 Å². The molecular formula is C13H14O3. The molecule has 1 N–H and O–H groups in total. The van der Waals surface area contributed by atoms with Crippen molar-refractivity contribution in [3.05, 3.63) is 41.0 Å². The van der Waals surface area contributed by atoms with Crippen LogP contribution in [0.4, 0.5) is 0 Å². The van der Waals surface area contributed by atoms with Gasteiger partial charge in [-0.15, -0.1) is 0 Å². The number of hydrogen-bond donors (Lipinski definition) is 1. The Hall–Kier alpha value is -1.90. The van der Waals surface area contributed by atoms with Gasteiger partial charge in [0, 0.05) is 18.1 Å². The lowest BCUT2D eigenvalue weighted by Crippen LogP contribution is -2.01. The summed E-state index contributed by atoms with van der Waals surface area (Å²) >= 11 is 0. The van der Waals surface area contributed by atoms with Gasteiger partial charge in [-0.05, 0) is 24.1 Å². The number of Topliss-reactive ketones (excluding diaryl/α,β-unsaturated/α-hetero) is 1. The summed E-state index contributed by atoms with van der Waals surface area (Å²) in [6.07, 6.45) is 2.94. The molecule has 1 rings (SSSR count). The summed E-state index contributed by atoms with van der Waals surface area (Å²) in [4.78, 5) is 22.1. The number of ketones is 1. The standard InChI is InChI=1S/C13H14O3/c1-3-12(14)11-6-4-5-9(2)10(11)7-8-13(15)16/h4-8H,3H2,1-2H3,(H,15,16)/b8-7+. The number of aliphatic carboxylic acids is 1. The Balaban J connectivity index is 3.23. The van der Waals surface area contributed by atoms with Crippen LogP contribution >= 0.6 is 0 Å². The van der Waals surface area contributed by atoms with Gasteiger partial charge in [0.05, 0.1) is 0 Å². The smallest absolute Gasteiger partial charge is 0.328 e. The highest BCUT2D eigenvalue weighted by molar-refractivity contribution is 6.00. The van der Waals surface area contributed by atoms with Crippen LogP contribution in [-0.4, -0.2) is 16.9 Å². The molecule has 3 nitrogen and oxygen atoms in total. The fourth-order valence-corrected chi connectivity index (χ4v) is 1.49. The largest absolute Gasteiger partial charge is 0.478 e. The van der Waals surface area contributed by atoms with Crippen LogP contribution in [0.5, 0.6) is 0 Å². The molecule has 84 valence electrons. The molecule has 0 unspecified atom stereocenters. The van der Waals surface area contributed by atoms with Crippen molar-refractivity contribution in [1.29, 1.82) is 0 Å². The van der Waals surface area contributed by atoms with E-state index in [4.69, 9.17) is 5.11 Å². The number of carboxylic acids is 1. The Morgan fingerprint density at radius 2 is 2.06 bits per heavy atom. The molecule has 1 aromatic rings. The second kappa shape index (κ2) is 5.26. The molecule has 0 atom stereocenters. The highest BCUT2D eigenvalue weighted by atomic mass is 16.4. The van der Waals surface area contributed by atoms with E-state index in [1.807, 2.05) is 13.0 Å². The summed E-state index contributed by atoms with van der Waals surface area (Å²) in [6, 6.07) is 5.38. The van der Waals surface area contributed by atoms with Crippen molar-refractivity contribution in [1.82, 2.24) is 0 Å². The molecule has 0 heterocycles. The van der Waals surface area contributed by atoms with E-state index in [0.717, 1.165) is 11.6 Å². The van der Waals surface area contributed by atoms with Crippen molar-refractivity contribution in [3.63, 3.8) is 0 Å². The van der Waals surface area contributed by atoms with Crippen LogP contribution in [0.15, 0.2) is 24.3 Å². The third-order valence-electron chi connectivity index (χ3n) is 2.34. The van der Waals surface area contributed by atoms with E-state index in [9.17, 15) is 9.59 Å². The molecular weight excluding hydrogens is 204 g/mol. The number of aryl methyl sites for hydroxylation is 1. The molecule has 0 radical (unpaired) electrons. The van der Waals surface area contributed by atoms with Crippen molar-refractivity contribution in [2.45, 2.75) is 20.3 Å². The molecule has 0 saturated heterocycles. The van der Waals surface area contributed by atoms with Crippen molar-refractivity contribution in [2.24, 2.45) is 0 Å².